The number of nitrogens with one attached hydrogen (secondary N) is 2. The van der Waals surface area contributed by atoms with Crippen LogP contribution in [0.25, 0.3) is 16.8 Å². The Hall–Kier alpha value is -3.11. The van der Waals surface area contributed by atoms with Crippen LogP contribution in [0.15, 0.2) is 29.3 Å². The summed E-state index contributed by atoms with van der Waals surface area (Å²) >= 11 is 1.32. The topological polar surface area (TPSA) is 117 Å². The van der Waals surface area contributed by atoms with Gasteiger partial charge in [-0.3, -0.25) is 10.2 Å². The summed E-state index contributed by atoms with van der Waals surface area (Å²) in [6.45, 7) is 0.876. The van der Waals surface area contributed by atoms with Crippen molar-refractivity contribution in [2.24, 2.45) is 0 Å². The van der Waals surface area contributed by atoms with Gasteiger partial charge >= 0.3 is 0 Å². The molecule has 0 unspecified atom stereocenters. The van der Waals surface area contributed by atoms with E-state index < -0.39 is 0 Å². The number of amides is 1. The molecule has 9 nitrogen and oxygen atoms in total. The summed E-state index contributed by atoms with van der Waals surface area (Å²) in [5.41, 5.74) is 1.87. The van der Waals surface area contributed by atoms with E-state index in [1.165, 1.54) is 16.2 Å². The summed E-state index contributed by atoms with van der Waals surface area (Å²) in [6.07, 6.45) is 0. The van der Waals surface area contributed by atoms with Gasteiger partial charge in [-0.15, -0.1) is 11.3 Å². The summed E-state index contributed by atoms with van der Waals surface area (Å²) in [6, 6.07) is 5.49. The van der Waals surface area contributed by atoms with Crippen LogP contribution in [0.3, 0.4) is 0 Å². The maximum atomic E-state index is 12.0. The predicted molar refractivity (Wildman–Crippen MR) is 114 cm³/mol. The molecule has 1 aromatic carbocycles. The second-order valence-corrected chi connectivity index (χ2v) is 7.33. The molecule has 0 atom stereocenters. The van der Waals surface area contributed by atoms with Crippen LogP contribution in [0.5, 0.6) is 11.5 Å². The van der Waals surface area contributed by atoms with Gasteiger partial charge in [-0.1, -0.05) is 0 Å². The van der Waals surface area contributed by atoms with Crippen molar-refractivity contribution in [3.8, 4) is 22.8 Å². The third-order valence-electron chi connectivity index (χ3n) is 4.54. The standard InChI is InChI=1S/C20H24N4O5S/c1-27-7-6-22-17(26)10-24-9-14(25)18(19(24)21)20-23-13(11-30-20)12-4-5-15(28-2)16(8-12)29-3/h4-5,8,11,21,25H,6-7,9-10H2,1-3H3,(H,22,26). The van der Waals surface area contributed by atoms with Gasteiger partial charge in [0.05, 0.1) is 45.2 Å². The van der Waals surface area contributed by atoms with Crippen LogP contribution in [0.2, 0.25) is 0 Å². The molecule has 0 spiro atoms. The number of aromatic nitrogens is 1. The Balaban J connectivity index is 1.74. The van der Waals surface area contributed by atoms with Crippen molar-refractivity contribution in [1.82, 2.24) is 15.2 Å². The second kappa shape index (κ2) is 9.59. The molecule has 0 saturated carbocycles. The smallest absolute Gasteiger partial charge is 0.239 e. The third-order valence-corrected chi connectivity index (χ3v) is 5.40. The van der Waals surface area contributed by atoms with Crippen LogP contribution >= 0.6 is 11.3 Å². The van der Waals surface area contributed by atoms with Gasteiger partial charge < -0.3 is 29.5 Å². The molecule has 10 heteroatoms. The number of ether oxygens (including phenoxy) is 3. The van der Waals surface area contributed by atoms with Crippen LogP contribution in [0.1, 0.15) is 5.01 Å². The molecular formula is C20H24N4O5S. The van der Waals surface area contributed by atoms with E-state index in [0.717, 1.165) is 5.56 Å². The molecule has 0 fully saturated rings. The Morgan fingerprint density at radius 1 is 1.30 bits per heavy atom. The highest BCUT2D eigenvalue weighted by Crippen LogP contribution is 2.35. The zero-order valence-corrected chi connectivity index (χ0v) is 17.8. The first kappa shape index (κ1) is 21.6. The van der Waals surface area contributed by atoms with Crippen molar-refractivity contribution in [3.63, 3.8) is 0 Å². The normalized spacial score (nSPS) is 13.7. The number of carbonyl (C=O) groups is 1. The summed E-state index contributed by atoms with van der Waals surface area (Å²) < 4.78 is 15.5. The van der Waals surface area contributed by atoms with E-state index in [2.05, 4.69) is 10.3 Å². The average molecular weight is 433 g/mol. The Morgan fingerprint density at radius 2 is 2.07 bits per heavy atom. The van der Waals surface area contributed by atoms with Crippen molar-refractivity contribution in [2.45, 2.75) is 0 Å². The number of carbonyl (C=O) groups excluding carboxylic acids is 1. The number of thiazole rings is 1. The fraction of sp³-hybridized carbons (Fsp3) is 0.350. The van der Waals surface area contributed by atoms with Crippen molar-refractivity contribution in [2.75, 3.05) is 47.6 Å². The largest absolute Gasteiger partial charge is 0.510 e. The zero-order chi connectivity index (χ0) is 21.7. The molecule has 2 aromatic rings. The van der Waals surface area contributed by atoms with Crippen molar-refractivity contribution in [3.05, 3.63) is 34.3 Å². The summed E-state index contributed by atoms with van der Waals surface area (Å²) in [5.74, 6) is 1.07. The Morgan fingerprint density at radius 3 is 2.77 bits per heavy atom. The van der Waals surface area contributed by atoms with Gasteiger partial charge in [-0.05, 0) is 18.2 Å². The van der Waals surface area contributed by atoms with Crippen molar-refractivity contribution < 1.29 is 24.1 Å². The Labute approximate surface area is 178 Å². The number of benzene rings is 1. The van der Waals surface area contributed by atoms with E-state index in [4.69, 9.17) is 19.6 Å². The van der Waals surface area contributed by atoms with E-state index in [-0.39, 0.29) is 30.6 Å². The summed E-state index contributed by atoms with van der Waals surface area (Å²) in [7, 11) is 4.70. The lowest BCUT2D eigenvalue weighted by Gasteiger charge is -2.17. The molecular weight excluding hydrogens is 408 g/mol. The van der Waals surface area contributed by atoms with Crippen LogP contribution in [0.4, 0.5) is 0 Å². The molecule has 0 radical (unpaired) electrons. The van der Waals surface area contributed by atoms with Crippen molar-refractivity contribution in [1.29, 1.82) is 5.41 Å². The van der Waals surface area contributed by atoms with Gasteiger partial charge in [0.15, 0.2) is 11.5 Å². The maximum Gasteiger partial charge on any atom is 0.239 e. The van der Waals surface area contributed by atoms with Gasteiger partial charge in [0.25, 0.3) is 0 Å². The molecule has 0 saturated heterocycles. The SMILES string of the molecule is COCCNC(=O)CN1CC(O)=C(c2nc(-c3ccc(OC)c(OC)c3)cs2)C1=N. The first-order valence-electron chi connectivity index (χ1n) is 9.18. The fourth-order valence-corrected chi connectivity index (χ4v) is 3.93. The molecule has 2 heterocycles. The number of amidine groups is 1. The number of nitrogens with zero attached hydrogens (tertiary/aromatic N) is 2. The van der Waals surface area contributed by atoms with Crippen LogP contribution in [0, 0.1) is 5.41 Å². The maximum absolute atomic E-state index is 12.0. The van der Waals surface area contributed by atoms with Gasteiger partial charge in [0.1, 0.15) is 16.6 Å². The fourth-order valence-electron chi connectivity index (χ4n) is 3.03. The summed E-state index contributed by atoms with van der Waals surface area (Å²) in [5, 5.41) is 23.9. The zero-order valence-electron chi connectivity index (χ0n) is 17.0. The molecule has 0 aliphatic carbocycles. The van der Waals surface area contributed by atoms with E-state index in [1.54, 1.807) is 27.4 Å². The molecule has 3 N–H and O–H groups in total. The average Bonchev–Trinajstić information content (AvgIpc) is 3.32. The Bertz CT molecular complexity index is 972. The number of rotatable bonds is 9. The number of aliphatic hydroxyl groups excluding tert-OH is 1. The van der Waals surface area contributed by atoms with Gasteiger partial charge in [-0.25, -0.2) is 4.98 Å². The number of aliphatic hydroxyl groups is 1. The van der Waals surface area contributed by atoms with Crippen LogP contribution in [-0.4, -0.2) is 74.3 Å². The number of hydrogen-bond acceptors (Lipinski definition) is 8. The Kier molecular flexibility index (Phi) is 6.91. The molecule has 1 amide bonds. The number of hydrogen-bond donors (Lipinski definition) is 3. The third kappa shape index (κ3) is 4.55. The minimum atomic E-state index is -0.240. The molecule has 1 aliphatic rings. The number of methoxy groups -OCH3 is 3. The molecule has 0 bridgehead atoms. The highest BCUT2D eigenvalue weighted by molar-refractivity contribution is 7.11. The van der Waals surface area contributed by atoms with E-state index >= 15 is 0 Å². The van der Waals surface area contributed by atoms with Crippen LogP contribution in [-0.2, 0) is 9.53 Å². The first-order chi connectivity index (χ1) is 14.5. The lowest BCUT2D eigenvalue weighted by molar-refractivity contribution is -0.121. The monoisotopic (exact) mass is 432 g/mol. The van der Waals surface area contributed by atoms with Gasteiger partial charge in [0.2, 0.25) is 5.91 Å². The molecule has 3 rings (SSSR count). The highest BCUT2D eigenvalue weighted by Gasteiger charge is 2.31. The first-order valence-corrected chi connectivity index (χ1v) is 10.1. The summed E-state index contributed by atoms with van der Waals surface area (Å²) in [4.78, 5) is 18.1. The molecule has 160 valence electrons. The highest BCUT2D eigenvalue weighted by atomic mass is 32.1. The predicted octanol–water partition coefficient (Wildman–Crippen LogP) is 2.15. The van der Waals surface area contributed by atoms with E-state index in [1.807, 2.05) is 17.5 Å². The van der Waals surface area contributed by atoms with Gasteiger partial charge in [0, 0.05) is 24.6 Å². The van der Waals surface area contributed by atoms with Gasteiger partial charge in [-0.2, -0.15) is 0 Å². The quantitative estimate of drug-likeness (QED) is 0.520. The second-order valence-electron chi connectivity index (χ2n) is 6.48. The van der Waals surface area contributed by atoms with Crippen molar-refractivity contribution >= 4 is 28.7 Å². The van der Waals surface area contributed by atoms with Crippen LogP contribution < -0.4 is 14.8 Å². The minimum Gasteiger partial charge on any atom is -0.510 e. The molecule has 30 heavy (non-hydrogen) atoms. The molecule has 1 aromatic heterocycles. The molecule has 1 aliphatic heterocycles. The lowest BCUT2D eigenvalue weighted by atomic mass is 10.1. The van der Waals surface area contributed by atoms with E-state index in [9.17, 15) is 9.90 Å². The minimum absolute atomic E-state index is 0.0238. The van der Waals surface area contributed by atoms with E-state index in [0.29, 0.717) is 40.9 Å². The lowest BCUT2D eigenvalue weighted by Crippen LogP contribution is -2.39.